The van der Waals surface area contributed by atoms with E-state index in [1.165, 1.54) is 43.6 Å². The number of halogens is 3. The number of anilines is 1. The first-order chi connectivity index (χ1) is 13.2. The van der Waals surface area contributed by atoms with E-state index in [1.807, 2.05) is 0 Å². The van der Waals surface area contributed by atoms with Crippen LogP contribution in [0.1, 0.15) is 16.4 Å². The maximum absolute atomic E-state index is 14.6. The lowest BCUT2D eigenvalue weighted by atomic mass is 10.0. The topological polar surface area (TPSA) is 82.3 Å². The Morgan fingerprint density at radius 2 is 1.75 bits per heavy atom. The van der Waals surface area contributed by atoms with E-state index in [0.29, 0.717) is 5.75 Å². The number of nitrogens with zero attached hydrogens (tertiary/aromatic N) is 1. The number of benzene rings is 2. The highest BCUT2D eigenvalue weighted by Gasteiger charge is 2.35. The van der Waals surface area contributed by atoms with Crippen LogP contribution in [0.2, 0.25) is 5.02 Å². The van der Waals surface area contributed by atoms with Crippen LogP contribution in [0.25, 0.3) is 0 Å². The molecule has 1 unspecified atom stereocenters. The van der Waals surface area contributed by atoms with Crippen LogP contribution in [0, 0.1) is 11.6 Å². The molecule has 5 nitrogen and oxygen atoms in total. The zero-order valence-corrected chi connectivity index (χ0v) is 16.1. The first-order valence-electron chi connectivity index (χ1n) is 7.98. The molecule has 2 N–H and O–H groups in total. The van der Waals surface area contributed by atoms with Gasteiger partial charge in [0, 0.05) is 11.8 Å². The summed E-state index contributed by atoms with van der Waals surface area (Å²) in [7, 11) is -2.80. The van der Waals surface area contributed by atoms with Gasteiger partial charge in [-0.2, -0.15) is 0 Å². The summed E-state index contributed by atoms with van der Waals surface area (Å²) in [5.41, 5.74) is 5.29. The lowest BCUT2D eigenvalue weighted by Gasteiger charge is -2.21. The molecule has 0 bridgehead atoms. The van der Waals surface area contributed by atoms with Crippen molar-refractivity contribution in [1.82, 2.24) is 4.98 Å². The largest absolute Gasteiger partial charge is 0.497 e. The summed E-state index contributed by atoms with van der Waals surface area (Å²) < 4.78 is 60.3. The Bertz CT molecular complexity index is 1070. The maximum atomic E-state index is 14.6. The molecule has 0 spiro atoms. The van der Waals surface area contributed by atoms with E-state index < -0.39 is 26.7 Å². The van der Waals surface area contributed by atoms with Gasteiger partial charge < -0.3 is 10.5 Å². The third kappa shape index (κ3) is 3.79. The van der Waals surface area contributed by atoms with Crippen molar-refractivity contribution in [2.45, 2.75) is 10.1 Å². The van der Waals surface area contributed by atoms with Gasteiger partial charge in [-0.3, -0.25) is 0 Å². The first-order valence-corrected chi connectivity index (χ1v) is 9.90. The lowest BCUT2D eigenvalue weighted by Crippen LogP contribution is -2.18. The van der Waals surface area contributed by atoms with Crippen LogP contribution in [0.15, 0.2) is 59.6 Å². The van der Waals surface area contributed by atoms with Gasteiger partial charge in [0.1, 0.15) is 28.5 Å². The molecule has 9 heteroatoms. The van der Waals surface area contributed by atoms with E-state index in [9.17, 15) is 17.2 Å². The van der Waals surface area contributed by atoms with Crippen molar-refractivity contribution in [2.75, 3.05) is 12.8 Å². The van der Waals surface area contributed by atoms with Crippen molar-refractivity contribution in [3.63, 3.8) is 0 Å². The van der Waals surface area contributed by atoms with E-state index in [0.717, 1.165) is 18.2 Å². The molecule has 0 aliphatic rings. The minimum absolute atomic E-state index is 0.00511. The fourth-order valence-corrected chi connectivity index (χ4v) is 4.90. The predicted molar refractivity (Wildman–Crippen MR) is 102 cm³/mol. The summed E-state index contributed by atoms with van der Waals surface area (Å²) in [6.07, 6.45) is 1.17. The maximum Gasteiger partial charge on any atom is 0.189 e. The van der Waals surface area contributed by atoms with Gasteiger partial charge in [0.25, 0.3) is 0 Å². The molecule has 3 rings (SSSR count). The van der Waals surface area contributed by atoms with Crippen LogP contribution in [-0.2, 0) is 9.84 Å². The molecule has 0 aliphatic heterocycles. The highest BCUT2D eigenvalue weighted by Crippen LogP contribution is 2.40. The van der Waals surface area contributed by atoms with Gasteiger partial charge in [0.2, 0.25) is 0 Å². The van der Waals surface area contributed by atoms with Crippen molar-refractivity contribution in [1.29, 1.82) is 0 Å². The van der Waals surface area contributed by atoms with Crippen LogP contribution in [0.3, 0.4) is 0 Å². The molecule has 0 saturated carbocycles. The number of rotatable bonds is 5. The Morgan fingerprint density at radius 1 is 1.07 bits per heavy atom. The normalized spacial score (nSPS) is 12.6. The molecule has 2 aromatic carbocycles. The Balaban J connectivity index is 2.29. The highest BCUT2D eigenvalue weighted by molar-refractivity contribution is 7.92. The standard InChI is InChI=1S/C19H15ClF2N2O3S/c1-27-12-3-5-13(6-4-12)28(25,26)19(14-9-18(23)24-10-16(14)20)15-8-11(21)2-7-17(15)22/h2-10,19H,1H3,(H2,23,24). The van der Waals surface area contributed by atoms with E-state index in [-0.39, 0.29) is 26.9 Å². The predicted octanol–water partition coefficient (Wildman–Crippen LogP) is 4.17. The van der Waals surface area contributed by atoms with Gasteiger partial charge in [0.05, 0.1) is 17.0 Å². The smallest absolute Gasteiger partial charge is 0.189 e. The zero-order valence-electron chi connectivity index (χ0n) is 14.6. The number of hydrogen-bond acceptors (Lipinski definition) is 5. The first kappa shape index (κ1) is 20.0. The van der Waals surface area contributed by atoms with Crippen molar-refractivity contribution in [2.24, 2.45) is 0 Å². The van der Waals surface area contributed by atoms with Gasteiger partial charge in [-0.1, -0.05) is 11.6 Å². The van der Waals surface area contributed by atoms with Gasteiger partial charge >= 0.3 is 0 Å². The summed E-state index contributed by atoms with van der Waals surface area (Å²) in [6, 6.07) is 9.36. The fraction of sp³-hybridized carbons (Fsp3) is 0.105. The number of methoxy groups -OCH3 is 1. The quantitative estimate of drug-likeness (QED) is 0.664. The van der Waals surface area contributed by atoms with Crippen molar-refractivity contribution in [3.8, 4) is 5.75 Å². The highest BCUT2D eigenvalue weighted by atomic mass is 35.5. The van der Waals surface area contributed by atoms with Crippen LogP contribution in [-0.4, -0.2) is 20.5 Å². The SMILES string of the molecule is COc1ccc(S(=O)(=O)C(c2cc(F)ccc2F)c2cc(N)ncc2Cl)cc1. The van der Waals surface area contributed by atoms with Crippen LogP contribution in [0.4, 0.5) is 14.6 Å². The second-order valence-corrected chi connectivity index (χ2v) is 8.34. The Hall–Kier alpha value is -2.71. The van der Waals surface area contributed by atoms with E-state index in [1.54, 1.807) is 0 Å². The van der Waals surface area contributed by atoms with Crippen molar-refractivity contribution < 1.29 is 21.9 Å². The molecule has 28 heavy (non-hydrogen) atoms. The molecular weight excluding hydrogens is 410 g/mol. The van der Waals surface area contributed by atoms with Gasteiger partial charge in [-0.15, -0.1) is 0 Å². The number of aromatic nitrogens is 1. The zero-order chi connectivity index (χ0) is 20.5. The van der Waals surface area contributed by atoms with Crippen LogP contribution < -0.4 is 10.5 Å². The summed E-state index contributed by atoms with van der Waals surface area (Å²) in [5, 5.41) is -1.67. The number of ether oxygens (including phenoxy) is 1. The second-order valence-electron chi connectivity index (χ2n) is 5.90. The van der Waals surface area contributed by atoms with E-state index in [2.05, 4.69) is 4.98 Å². The van der Waals surface area contributed by atoms with Gasteiger partial charge in [-0.25, -0.2) is 22.2 Å². The molecule has 0 saturated heterocycles. The number of hydrogen-bond donors (Lipinski definition) is 1. The van der Waals surface area contributed by atoms with E-state index >= 15 is 0 Å². The minimum Gasteiger partial charge on any atom is -0.497 e. The molecule has 1 aromatic heterocycles. The molecule has 3 aromatic rings. The van der Waals surface area contributed by atoms with Crippen molar-refractivity contribution in [3.05, 3.63) is 82.5 Å². The van der Waals surface area contributed by atoms with Gasteiger partial charge in [-0.05, 0) is 54.1 Å². The van der Waals surface area contributed by atoms with E-state index in [4.69, 9.17) is 22.1 Å². The van der Waals surface area contributed by atoms with Gasteiger partial charge in [0.15, 0.2) is 9.84 Å². The fourth-order valence-electron chi connectivity index (χ4n) is 2.79. The second kappa shape index (κ2) is 7.73. The molecular formula is C19H15ClF2N2O3S. The van der Waals surface area contributed by atoms with Crippen LogP contribution >= 0.6 is 11.6 Å². The Kier molecular flexibility index (Phi) is 5.53. The Morgan fingerprint density at radius 3 is 2.39 bits per heavy atom. The summed E-state index contributed by atoms with van der Waals surface area (Å²) >= 11 is 6.16. The minimum atomic E-state index is -4.24. The molecule has 146 valence electrons. The van der Waals surface area contributed by atoms with Crippen molar-refractivity contribution >= 4 is 27.3 Å². The third-order valence-corrected chi connectivity index (χ3v) is 6.50. The number of nitrogens with two attached hydrogens (primary N) is 1. The summed E-state index contributed by atoms with van der Waals surface area (Å²) in [6.45, 7) is 0. The third-order valence-electron chi connectivity index (χ3n) is 4.13. The number of nitrogen functional groups attached to an aromatic ring is 1. The lowest BCUT2D eigenvalue weighted by molar-refractivity contribution is 0.414. The molecule has 0 fully saturated rings. The molecule has 0 amide bonds. The molecule has 1 heterocycles. The Labute approximate surface area is 165 Å². The summed E-state index contributed by atoms with van der Waals surface area (Å²) in [5.74, 6) is -1.25. The number of sulfone groups is 1. The molecule has 0 aliphatic carbocycles. The monoisotopic (exact) mass is 424 g/mol. The average Bonchev–Trinajstić information content (AvgIpc) is 2.67. The number of pyridine rings is 1. The molecule has 0 radical (unpaired) electrons. The summed E-state index contributed by atoms with van der Waals surface area (Å²) in [4.78, 5) is 3.68. The average molecular weight is 425 g/mol. The van der Waals surface area contributed by atoms with Crippen LogP contribution in [0.5, 0.6) is 5.75 Å². The molecule has 1 atom stereocenters.